The lowest BCUT2D eigenvalue weighted by molar-refractivity contribution is -0.0540. The number of aromatic nitrogens is 2. The Morgan fingerprint density at radius 3 is 2.72 bits per heavy atom. The summed E-state index contributed by atoms with van der Waals surface area (Å²) in [6.45, 7) is -0.418. The largest absolute Gasteiger partial charge is 0.394 e. The summed E-state index contributed by atoms with van der Waals surface area (Å²) in [5, 5.41) is 28.6. The molecule has 1 aliphatic heterocycles. The average molecular weight is 294 g/mol. The number of rotatable bonds is 2. The maximum absolute atomic E-state index is 9.84. The Balaban J connectivity index is 2.39. The van der Waals surface area contributed by atoms with Gasteiger partial charge in [0, 0.05) is 6.20 Å². The van der Waals surface area contributed by atoms with Gasteiger partial charge >= 0.3 is 0 Å². The minimum absolute atomic E-state index is 0.0618. The van der Waals surface area contributed by atoms with Gasteiger partial charge in [-0.25, -0.2) is 4.98 Å². The summed E-state index contributed by atoms with van der Waals surface area (Å²) < 4.78 is 6.65. The fourth-order valence-electron chi connectivity index (χ4n) is 1.75. The molecule has 5 N–H and O–H groups in total. The molecule has 0 unspecified atom stereocenters. The molecule has 0 spiro atoms. The smallest absolute Gasteiger partial charge is 0.203 e. The zero-order chi connectivity index (χ0) is 13.4. The van der Waals surface area contributed by atoms with Crippen molar-refractivity contribution in [2.75, 3.05) is 12.3 Å². The number of anilines is 1. The van der Waals surface area contributed by atoms with Crippen molar-refractivity contribution in [1.82, 2.24) is 9.55 Å². The second-order valence-electron chi connectivity index (χ2n) is 3.89. The molecular formula is C9H12ClN3O4S. The molecule has 9 heteroatoms. The Hall–Kier alpha value is -0.770. The van der Waals surface area contributed by atoms with E-state index < -0.39 is 31.1 Å². The second kappa shape index (κ2) is 5.08. The van der Waals surface area contributed by atoms with Crippen LogP contribution in [0.25, 0.3) is 0 Å². The molecule has 100 valence electrons. The monoisotopic (exact) mass is 293 g/mol. The molecule has 1 aromatic heterocycles. The number of aliphatic hydroxyl groups excluding tert-OH is 3. The van der Waals surface area contributed by atoms with Crippen LogP contribution in [0.3, 0.4) is 0 Å². The first-order valence-corrected chi connectivity index (χ1v) is 5.91. The van der Waals surface area contributed by atoms with Gasteiger partial charge in [0.25, 0.3) is 0 Å². The van der Waals surface area contributed by atoms with Crippen molar-refractivity contribution in [1.29, 1.82) is 0 Å². The summed E-state index contributed by atoms with van der Waals surface area (Å²) in [5.41, 5.74) is 5.49. The highest BCUT2D eigenvalue weighted by atomic mass is 35.5. The van der Waals surface area contributed by atoms with E-state index in [2.05, 4.69) is 4.98 Å². The predicted octanol–water partition coefficient (Wildman–Crippen LogP) is -0.540. The first-order valence-electron chi connectivity index (χ1n) is 5.12. The number of nitrogens with zero attached hydrogens (tertiary/aromatic N) is 2. The van der Waals surface area contributed by atoms with E-state index >= 15 is 0 Å². The molecular weight excluding hydrogens is 282 g/mol. The number of halogens is 1. The lowest BCUT2D eigenvalue weighted by atomic mass is 10.1. The number of hydrogen-bond acceptors (Lipinski definition) is 7. The summed E-state index contributed by atoms with van der Waals surface area (Å²) in [4.78, 5) is 3.82. The van der Waals surface area contributed by atoms with Crippen LogP contribution in [0.4, 0.5) is 5.82 Å². The molecule has 0 radical (unpaired) electrons. The normalized spacial score (nSPS) is 31.8. The average Bonchev–Trinajstić information content (AvgIpc) is 2.61. The van der Waals surface area contributed by atoms with Gasteiger partial charge in [-0.05, 0) is 12.2 Å². The van der Waals surface area contributed by atoms with Crippen LogP contribution >= 0.6 is 23.8 Å². The van der Waals surface area contributed by atoms with E-state index in [0.717, 1.165) is 0 Å². The second-order valence-corrected chi connectivity index (χ2v) is 4.67. The zero-order valence-electron chi connectivity index (χ0n) is 9.10. The topological polar surface area (TPSA) is 114 Å². The Morgan fingerprint density at radius 2 is 2.17 bits per heavy atom. The van der Waals surface area contributed by atoms with Crippen LogP contribution in [0.1, 0.15) is 6.23 Å². The maximum atomic E-state index is 9.84. The molecule has 2 rings (SSSR count). The van der Waals surface area contributed by atoms with Gasteiger partial charge in [-0.1, -0.05) is 11.6 Å². The molecule has 7 nitrogen and oxygen atoms in total. The minimum Gasteiger partial charge on any atom is -0.394 e. The number of nitrogen functional groups attached to an aromatic ring is 1. The van der Waals surface area contributed by atoms with Gasteiger partial charge in [0.1, 0.15) is 24.1 Å². The van der Waals surface area contributed by atoms with E-state index in [1.54, 1.807) is 0 Å². The van der Waals surface area contributed by atoms with E-state index in [-0.39, 0.29) is 15.6 Å². The molecule has 0 amide bonds. The summed E-state index contributed by atoms with van der Waals surface area (Å²) in [6.07, 6.45) is -2.93. The van der Waals surface area contributed by atoms with Crippen LogP contribution in [-0.4, -0.2) is 49.8 Å². The molecule has 0 saturated carbocycles. The molecule has 1 saturated heterocycles. The molecule has 18 heavy (non-hydrogen) atoms. The first kappa shape index (κ1) is 13.7. The van der Waals surface area contributed by atoms with E-state index in [0.29, 0.717) is 0 Å². The summed E-state index contributed by atoms with van der Waals surface area (Å²) in [5.74, 6) is 0.0738. The fraction of sp³-hybridized carbons (Fsp3) is 0.556. The molecule has 4 atom stereocenters. The van der Waals surface area contributed by atoms with Gasteiger partial charge in [-0.2, -0.15) is 0 Å². The lowest BCUT2D eigenvalue weighted by Crippen LogP contribution is -2.33. The number of ether oxygens (including phenoxy) is 1. The van der Waals surface area contributed by atoms with Gasteiger partial charge in [-0.3, -0.25) is 4.57 Å². The van der Waals surface area contributed by atoms with Gasteiger partial charge in [-0.15, -0.1) is 0 Å². The Kier molecular flexibility index (Phi) is 3.85. The number of nitrogens with two attached hydrogens (primary N) is 1. The van der Waals surface area contributed by atoms with Crippen molar-refractivity contribution in [3.05, 3.63) is 16.0 Å². The Bertz CT molecular complexity index is 511. The highest BCUT2D eigenvalue weighted by Crippen LogP contribution is 2.30. The minimum atomic E-state index is -1.24. The van der Waals surface area contributed by atoms with Crippen molar-refractivity contribution in [2.45, 2.75) is 24.5 Å². The molecule has 0 bridgehead atoms. The van der Waals surface area contributed by atoms with Gasteiger partial charge < -0.3 is 25.8 Å². The summed E-state index contributed by atoms with van der Waals surface area (Å²) in [6, 6.07) is 0. The van der Waals surface area contributed by atoms with Crippen LogP contribution in [0.2, 0.25) is 5.02 Å². The maximum Gasteiger partial charge on any atom is 0.203 e. The lowest BCUT2D eigenvalue weighted by Gasteiger charge is -2.18. The van der Waals surface area contributed by atoms with E-state index in [9.17, 15) is 10.2 Å². The standard InChI is InChI=1S/C9H12ClN3O4S/c10-3-1-13(9(18)12-7(3)11)8-6(16)5(15)4(2-14)17-8/h1,4-6,8,14-16H,2H2,(H2,11,12,18)/t4-,5-,6-,8-/m1/s1. The fourth-order valence-corrected chi connectivity index (χ4v) is 2.15. The van der Waals surface area contributed by atoms with Crippen molar-refractivity contribution < 1.29 is 20.1 Å². The quantitative estimate of drug-likeness (QED) is 0.542. The van der Waals surface area contributed by atoms with Crippen molar-refractivity contribution in [3.63, 3.8) is 0 Å². The number of hydrogen-bond donors (Lipinski definition) is 4. The van der Waals surface area contributed by atoms with Crippen LogP contribution in [0.15, 0.2) is 6.20 Å². The number of aliphatic hydroxyl groups is 3. The van der Waals surface area contributed by atoms with E-state index in [4.69, 9.17) is 39.4 Å². The SMILES string of the molecule is Nc1nc(=S)n([C@@H]2O[C@H](CO)[C@@H](O)[C@H]2O)cc1Cl. The molecule has 2 heterocycles. The van der Waals surface area contributed by atoms with Crippen molar-refractivity contribution in [2.24, 2.45) is 0 Å². The third-order valence-corrected chi connectivity index (χ3v) is 3.32. The molecule has 1 fully saturated rings. The molecule has 0 aliphatic carbocycles. The van der Waals surface area contributed by atoms with Crippen LogP contribution in [0, 0.1) is 4.77 Å². The van der Waals surface area contributed by atoms with Crippen molar-refractivity contribution in [3.8, 4) is 0 Å². The van der Waals surface area contributed by atoms with Crippen LogP contribution in [-0.2, 0) is 4.74 Å². The molecule has 0 aromatic carbocycles. The van der Waals surface area contributed by atoms with E-state index in [1.165, 1.54) is 10.8 Å². The highest BCUT2D eigenvalue weighted by Gasteiger charge is 2.43. The van der Waals surface area contributed by atoms with Gasteiger partial charge in [0.15, 0.2) is 6.23 Å². The predicted molar refractivity (Wildman–Crippen MR) is 65.5 cm³/mol. The summed E-state index contributed by atoms with van der Waals surface area (Å²) >= 11 is 10.8. The van der Waals surface area contributed by atoms with E-state index in [1.807, 2.05) is 0 Å². The summed E-state index contributed by atoms with van der Waals surface area (Å²) in [7, 11) is 0. The Morgan fingerprint density at radius 1 is 1.50 bits per heavy atom. The van der Waals surface area contributed by atoms with Gasteiger partial charge in [0.2, 0.25) is 4.77 Å². The third kappa shape index (κ3) is 2.22. The highest BCUT2D eigenvalue weighted by molar-refractivity contribution is 7.71. The zero-order valence-corrected chi connectivity index (χ0v) is 10.7. The molecule has 1 aromatic rings. The molecule has 1 aliphatic rings. The third-order valence-electron chi connectivity index (χ3n) is 2.73. The van der Waals surface area contributed by atoms with Crippen molar-refractivity contribution >= 4 is 29.6 Å². The van der Waals surface area contributed by atoms with Crippen LogP contribution in [0.5, 0.6) is 0 Å². The van der Waals surface area contributed by atoms with Crippen LogP contribution < -0.4 is 5.73 Å². The Labute approximate surface area is 112 Å². The first-order chi connectivity index (χ1) is 8.45. The van der Waals surface area contributed by atoms with Gasteiger partial charge in [0.05, 0.1) is 11.6 Å².